The summed E-state index contributed by atoms with van der Waals surface area (Å²) >= 11 is 3.47. The van der Waals surface area contributed by atoms with Crippen molar-refractivity contribution in [1.29, 1.82) is 0 Å². The van der Waals surface area contributed by atoms with Gasteiger partial charge >= 0.3 is 0 Å². The van der Waals surface area contributed by atoms with Crippen molar-refractivity contribution in [2.24, 2.45) is 0 Å². The Morgan fingerprint density at radius 3 is 2.42 bits per heavy atom. The van der Waals surface area contributed by atoms with E-state index in [0.717, 1.165) is 15.7 Å². The summed E-state index contributed by atoms with van der Waals surface area (Å²) in [7, 11) is -2.92. The lowest BCUT2D eigenvalue weighted by Crippen LogP contribution is -2.23. The lowest BCUT2D eigenvalue weighted by molar-refractivity contribution is 0.276. The number of allylic oxidation sites excluding steroid dienone is 1. The molecule has 0 saturated heterocycles. The second kappa shape index (κ2) is 7.26. The highest BCUT2D eigenvalue weighted by Gasteiger charge is 2.43. The number of benzene rings is 2. The van der Waals surface area contributed by atoms with Crippen molar-refractivity contribution < 1.29 is 9.09 Å². The van der Waals surface area contributed by atoms with E-state index in [4.69, 9.17) is 4.52 Å². The molecule has 0 fully saturated rings. The average molecular weight is 406 g/mol. The van der Waals surface area contributed by atoms with Gasteiger partial charge in [0, 0.05) is 22.5 Å². The standard InChI is InChI=1S/C19H21BrNO2P/c1-3-23-24(22)14-15(2)21(13-16-7-5-4-6-8-16)19(24)17-9-11-18(20)12-10-17/h4-12,14,19H,3,13H2,1-2H3/t19-,24-/m0/s1. The molecule has 5 heteroatoms. The van der Waals surface area contributed by atoms with Gasteiger partial charge < -0.3 is 9.42 Å². The predicted molar refractivity (Wildman–Crippen MR) is 102 cm³/mol. The molecule has 24 heavy (non-hydrogen) atoms. The minimum absolute atomic E-state index is 0.272. The third-order valence-electron chi connectivity index (χ3n) is 4.15. The van der Waals surface area contributed by atoms with Crippen LogP contribution in [0.5, 0.6) is 0 Å². The fraction of sp³-hybridized carbons (Fsp3) is 0.263. The molecule has 0 amide bonds. The molecule has 0 bridgehead atoms. The first kappa shape index (κ1) is 17.5. The third kappa shape index (κ3) is 3.51. The lowest BCUT2D eigenvalue weighted by atomic mass is 10.1. The van der Waals surface area contributed by atoms with E-state index in [1.807, 2.05) is 62.1 Å². The van der Waals surface area contributed by atoms with E-state index in [1.54, 1.807) is 0 Å². The van der Waals surface area contributed by atoms with Gasteiger partial charge in [0.1, 0.15) is 5.78 Å². The third-order valence-corrected chi connectivity index (χ3v) is 7.33. The van der Waals surface area contributed by atoms with Gasteiger partial charge in [0.2, 0.25) is 0 Å². The van der Waals surface area contributed by atoms with Crippen LogP contribution >= 0.6 is 23.3 Å². The monoisotopic (exact) mass is 405 g/mol. The molecule has 0 aromatic heterocycles. The summed E-state index contributed by atoms with van der Waals surface area (Å²) in [5.41, 5.74) is 3.21. The molecule has 0 saturated carbocycles. The largest absolute Gasteiger partial charge is 0.354 e. The van der Waals surface area contributed by atoms with Gasteiger partial charge in [-0.3, -0.25) is 4.57 Å². The van der Waals surface area contributed by atoms with E-state index < -0.39 is 7.37 Å². The summed E-state index contributed by atoms with van der Waals surface area (Å²) in [5.74, 6) is 1.55. The molecule has 2 atom stereocenters. The van der Waals surface area contributed by atoms with Crippen LogP contribution in [-0.4, -0.2) is 11.5 Å². The Hall–Kier alpha value is -1.35. The summed E-state index contributed by atoms with van der Waals surface area (Å²) < 4.78 is 20.2. The van der Waals surface area contributed by atoms with Gasteiger partial charge in [-0.05, 0) is 37.1 Å². The maximum Gasteiger partial charge on any atom is 0.253 e. The Labute approximate surface area is 151 Å². The first-order chi connectivity index (χ1) is 11.5. The van der Waals surface area contributed by atoms with Crippen LogP contribution in [0.25, 0.3) is 0 Å². The van der Waals surface area contributed by atoms with Crippen molar-refractivity contribution in [3.05, 3.63) is 81.7 Å². The first-order valence-corrected chi connectivity index (χ1v) is 10.6. The molecule has 0 aliphatic carbocycles. The predicted octanol–water partition coefficient (Wildman–Crippen LogP) is 6.14. The van der Waals surface area contributed by atoms with E-state index >= 15 is 0 Å². The average Bonchev–Trinajstić information content (AvgIpc) is 2.80. The van der Waals surface area contributed by atoms with Crippen molar-refractivity contribution >= 4 is 23.3 Å². The zero-order valence-electron chi connectivity index (χ0n) is 13.9. The lowest BCUT2D eigenvalue weighted by Gasteiger charge is -2.31. The van der Waals surface area contributed by atoms with Crippen LogP contribution in [0.3, 0.4) is 0 Å². The Balaban J connectivity index is 2.00. The van der Waals surface area contributed by atoms with Crippen LogP contribution in [0.4, 0.5) is 0 Å². The molecule has 1 heterocycles. The molecule has 2 aromatic carbocycles. The fourth-order valence-electron chi connectivity index (χ4n) is 3.12. The van der Waals surface area contributed by atoms with Gasteiger partial charge in [0.15, 0.2) is 0 Å². The number of halogens is 1. The zero-order valence-corrected chi connectivity index (χ0v) is 16.3. The van der Waals surface area contributed by atoms with Crippen molar-refractivity contribution in [2.75, 3.05) is 6.61 Å². The zero-order chi connectivity index (χ0) is 17.2. The van der Waals surface area contributed by atoms with Crippen LogP contribution in [-0.2, 0) is 15.6 Å². The SMILES string of the molecule is CCO[P@@]1(=O)C=C(C)N(Cc2ccccc2)[C@@H]1c1ccc(Br)cc1. The Kier molecular flexibility index (Phi) is 5.29. The summed E-state index contributed by atoms with van der Waals surface area (Å²) in [5, 5.41) is 0. The van der Waals surface area contributed by atoms with E-state index in [2.05, 4.69) is 33.0 Å². The summed E-state index contributed by atoms with van der Waals surface area (Å²) in [6, 6.07) is 18.3. The molecule has 1 aliphatic rings. The van der Waals surface area contributed by atoms with Crippen molar-refractivity contribution in [1.82, 2.24) is 4.90 Å². The Morgan fingerprint density at radius 2 is 1.79 bits per heavy atom. The van der Waals surface area contributed by atoms with Crippen LogP contribution < -0.4 is 0 Å². The molecule has 0 unspecified atom stereocenters. The van der Waals surface area contributed by atoms with Crippen molar-refractivity contribution in [3.63, 3.8) is 0 Å². The van der Waals surface area contributed by atoms with Gasteiger partial charge in [-0.25, -0.2) is 0 Å². The number of rotatable bonds is 5. The van der Waals surface area contributed by atoms with E-state index in [0.29, 0.717) is 13.2 Å². The number of hydrogen-bond acceptors (Lipinski definition) is 3. The van der Waals surface area contributed by atoms with Gasteiger partial charge in [-0.2, -0.15) is 0 Å². The van der Waals surface area contributed by atoms with Crippen LogP contribution in [0.15, 0.2) is 70.6 Å². The molecule has 2 aromatic rings. The fourth-order valence-corrected chi connectivity index (χ4v) is 6.05. The van der Waals surface area contributed by atoms with Gasteiger partial charge in [-0.15, -0.1) is 0 Å². The number of nitrogens with zero attached hydrogens (tertiary/aromatic N) is 1. The smallest absolute Gasteiger partial charge is 0.253 e. The highest BCUT2D eigenvalue weighted by molar-refractivity contribution is 9.10. The topological polar surface area (TPSA) is 29.5 Å². The second-order valence-corrected chi connectivity index (χ2v) is 9.08. The quantitative estimate of drug-likeness (QED) is 0.559. The van der Waals surface area contributed by atoms with Gasteiger partial charge in [-0.1, -0.05) is 58.4 Å². The Morgan fingerprint density at radius 1 is 1.12 bits per heavy atom. The maximum atomic E-state index is 13.5. The maximum absolute atomic E-state index is 13.5. The molecular formula is C19H21BrNO2P. The Bertz CT molecular complexity index is 774. The van der Waals surface area contributed by atoms with E-state index in [1.165, 1.54) is 5.56 Å². The highest BCUT2D eigenvalue weighted by Crippen LogP contribution is 2.68. The molecule has 126 valence electrons. The van der Waals surface area contributed by atoms with Crippen LogP contribution in [0.2, 0.25) is 0 Å². The minimum Gasteiger partial charge on any atom is -0.354 e. The highest BCUT2D eigenvalue weighted by atomic mass is 79.9. The molecule has 3 rings (SSSR count). The molecular weight excluding hydrogens is 385 g/mol. The molecule has 0 N–H and O–H groups in total. The molecule has 3 nitrogen and oxygen atoms in total. The summed E-state index contributed by atoms with van der Waals surface area (Å²) in [4.78, 5) is 2.19. The van der Waals surface area contributed by atoms with Crippen molar-refractivity contribution in [2.45, 2.75) is 26.2 Å². The summed E-state index contributed by atoms with van der Waals surface area (Å²) in [6.07, 6.45) is 0. The number of hydrogen-bond donors (Lipinski definition) is 0. The summed E-state index contributed by atoms with van der Waals surface area (Å²) in [6.45, 7) is 5.04. The van der Waals surface area contributed by atoms with E-state index in [9.17, 15) is 4.57 Å². The van der Waals surface area contributed by atoms with Gasteiger partial charge in [0.25, 0.3) is 7.37 Å². The molecule has 0 radical (unpaired) electrons. The molecule has 1 aliphatic heterocycles. The van der Waals surface area contributed by atoms with E-state index in [-0.39, 0.29) is 5.78 Å². The van der Waals surface area contributed by atoms with Gasteiger partial charge in [0.05, 0.1) is 6.61 Å². The molecule has 0 spiro atoms. The van der Waals surface area contributed by atoms with Crippen LogP contribution in [0.1, 0.15) is 30.8 Å². The first-order valence-electron chi connectivity index (χ1n) is 8.03. The van der Waals surface area contributed by atoms with Crippen LogP contribution in [0, 0.1) is 0 Å². The normalized spacial score (nSPS) is 23.4. The minimum atomic E-state index is -2.92. The second-order valence-electron chi connectivity index (χ2n) is 5.87. The van der Waals surface area contributed by atoms with Crippen molar-refractivity contribution in [3.8, 4) is 0 Å².